The minimum atomic E-state index is 1.04. The van der Waals surface area contributed by atoms with E-state index in [4.69, 9.17) is 0 Å². The van der Waals surface area contributed by atoms with Crippen LogP contribution in [0.1, 0.15) is 52.4 Å². The Labute approximate surface area is 71.7 Å². The second-order valence-corrected chi connectivity index (χ2v) is 3.44. The van der Waals surface area contributed by atoms with E-state index in [1.165, 1.54) is 32.1 Å². The molecule has 0 bridgehead atoms. The van der Waals surface area contributed by atoms with Crippen molar-refractivity contribution in [3.63, 3.8) is 0 Å². The fraction of sp³-hybridized carbons (Fsp3) is 0.818. The second kappa shape index (κ2) is 7.84. The fourth-order valence-corrected chi connectivity index (χ4v) is 1.31. The average molecular weight is 154 g/mol. The zero-order valence-electron chi connectivity index (χ0n) is 8.10. The molecule has 0 radical (unpaired) electrons. The van der Waals surface area contributed by atoms with Gasteiger partial charge in [-0.05, 0) is 12.3 Å². The molecule has 0 aromatic carbocycles. The van der Waals surface area contributed by atoms with Crippen LogP contribution in [-0.4, -0.2) is 0 Å². The largest absolute Gasteiger partial charge is 0.103 e. The molecule has 0 spiro atoms. The van der Waals surface area contributed by atoms with Gasteiger partial charge in [0.05, 0.1) is 0 Å². The number of allylic oxidation sites excluding steroid dienone is 1. The summed E-state index contributed by atoms with van der Waals surface area (Å²) >= 11 is 0. The zero-order valence-corrected chi connectivity index (χ0v) is 8.10. The van der Waals surface area contributed by atoms with Crippen LogP contribution in [-0.2, 0) is 0 Å². The highest BCUT2D eigenvalue weighted by atomic mass is 14.1. The average Bonchev–Trinajstić information content (AvgIpc) is 2.07. The molecule has 0 atom stereocenters. The molecule has 66 valence electrons. The SMILES string of the molecule is C=CCC.CC1CCCCC1. The van der Waals surface area contributed by atoms with Crippen molar-refractivity contribution in [1.82, 2.24) is 0 Å². The Kier molecular flexibility index (Phi) is 7.66. The predicted octanol–water partition coefficient (Wildman–Crippen LogP) is 4.17. The first-order chi connectivity index (χ1) is 5.31. The van der Waals surface area contributed by atoms with Gasteiger partial charge in [0.2, 0.25) is 0 Å². The summed E-state index contributed by atoms with van der Waals surface area (Å²) in [5.74, 6) is 1.04. The normalized spacial score (nSPS) is 18.4. The van der Waals surface area contributed by atoms with Gasteiger partial charge in [0.25, 0.3) is 0 Å². The van der Waals surface area contributed by atoms with Gasteiger partial charge in [-0.1, -0.05) is 52.0 Å². The molecule has 0 aromatic heterocycles. The monoisotopic (exact) mass is 154 g/mol. The van der Waals surface area contributed by atoms with Crippen molar-refractivity contribution in [2.24, 2.45) is 5.92 Å². The maximum atomic E-state index is 3.48. The first kappa shape index (κ1) is 10.7. The molecular formula is C11H22. The Morgan fingerprint density at radius 3 is 1.91 bits per heavy atom. The molecule has 1 saturated carbocycles. The van der Waals surface area contributed by atoms with E-state index in [1.54, 1.807) is 0 Å². The van der Waals surface area contributed by atoms with Gasteiger partial charge < -0.3 is 0 Å². The van der Waals surface area contributed by atoms with Crippen molar-refractivity contribution in [2.75, 3.05) is 0 Å². The topological polar surface area (TPSA) is 0 Å². The minimum absolute atomic E-state index is 1.04. The Hall–Kier alpha value is -0.260. The summed E-state index contributed by atoms with van der Waals surface area (Å²) < 4.78 is 0. The first-order valence-electron chi connectivity index (χ1n) is 4.92. The molecule has 0 aliphatic heterocycles. The maximum absolute atomic E-state index is 3.48. The Bertz CT molecular complexity index is 78.0. The Morgan fingerprint density at radius 1 is 1.27 bits per heavy atom. The lowest BCUT2D eigenvalue weighted by Gasteiger charge is -2.15. The number of hydrogen-bond acceptors (Lipinski definition) is 0. The van der Waals surface area contributed by atoms with Crippen molar-refractivity contribution < 1.29 is 0 Å². The van der Waals surface area contributed by atoms with E-state index in [9.17, 15) is 0 Å². The molecule has 1 fully saturated rings. The van der Waals surface area contributed by atoms with Gasteiger partial charge >= 0.3 is 0 Å². The third-order valence-corrected chi connectivity index (χ3v) is 2.18. The van der Waals surface area contributed by atoms with E-state index in [0.717, 1.165) is 12.3 Å². The molecule has 0 aromatic rings. The smallest absolute Gasteiger partial charge is 0.0382 e. The molecule has 0 amide bonds. The third kappa shape index (κ3) is 7.64. The third-order valence-electron chi connectivity index (χ3n) is 2.18. The predicted molar refractivity (Wildman–Crippen MR) is 52.7 cm³/mol. The van der Waals surface area contributed by atoms with E-state index >= 15 is 0 Å². The van der Waals surface area contributed by atoms with Crippen LogP contribution in [0.3, 0.4) is 0 Å². The van der Waals surface area contributed by atoms with E-state index in [-0.39, 0.29) is 0 Å². The molecule has 0 heteroatoms. The lowest BCUT2D eigenvalue weighted by atomic mass is 9.91. The zero-order chi connectivity index (χ0) is 8.53. The van der Waals surface area contributed by atoms with Crippen molar-refractivity contribution in [3.05, 3.63) is 12.7 Å². The van der Waals surface area contributed by atoms with Gasteiger partial charge in [-0.25, -0.2) is 0 Å². The molecule has 0 nitrogen and oxygen atoms in total. The van der Waals surface area contributed by atoms with Crippen LogP contribution in [0.25, 0.3) is 0 Å². The number of hydrogen-bond donors (Lipinski definition) is 0. The highest BCUT2D eigenvalue weighted by Crippen LogP contribution is 2.21. The summed E-state index contributed by atoms with van der Waals surface area (Å²) in [7, 11) is 0. The highest BCUT2D eigenvalue weighted by Gasteiger charge is 2.05. The fourth-order valence-electron chi connectivity index (χ4n) is 1.31. The number of rotatable bonds is 1. The van der Waals surface area contributed by atoms with Gasteiger partial charge in [0.1, 0.15) is 0 Å². The standard InChI is InChI=1S/C7H14.C4H8/c1-7-5-3-2-4-6-7;1-3-4-2/h7H,2-6H2,1H3;3H,1,4H2,2H3. The lowest BCUT2D eigenvalue weighted by molar-refractivity contribution is 0.385. The van der Waals surface area contributed by atoms with Crippen molar-refractivity contribution in [1.29, 1.82) is 0 Å². The van der Waals surface area contributed by atoms with Gasteiger partial charge in [0.15, 0.2) is 0 Å². The molecule has 11 heavy (non-hydrogen) atoms. The van der Waals surface area contributed by atoms with Gasteiger partial charge in [-0.3, -0.25) is 0 Å². The van der Waals surface area contributed by atoms with Crippen LogP contribution in [0, 0.1) is 5.92 Å². The minimum Gasteiger partial charge on any atom is -0.103 e. The maximum Gasteiger partial charge on any atom is -0.0382 e. The highest BCUT2D eigenvalue weighted by molar-refractivity contribution is 4.60. The summed E-state index contributed by atoms with van der Waals surface area (Å²) in [6.07, 6.45) is 10.4. The second-order valence-electron chi connectivity index (χ2n) is 3.44. The van der Waals surface area contributed by atoms with Crippen molar-refractivity contribution >= 4 is 0 Å². The van der Waals surface area contributed by atoms with Crippen LogP contribution >= 0.6 is 0 Å². The van der Waals surface area contributed by atoms with Crippen LogP contribution in [0.2, 0.25) is 0 Å². The van der Waals surface area contributed by atoms with Crippen molar-refractivity contribution in [2.45, 2.75) is 52.4 Å². The Balaban J connectivity index is 0.000000218. The van der Waals surface area contributed by atoms with Crippen LogP contribution in [0.15, 0.2) is 12.7 Å². The van der Waals surface area contributed by atoms with E-state index in [0.29, 0.717) is 0 Å². The molecular weight excluding hydrogens is 132 g/mol. The van der Waals surface area contributed by atoms with Crippen LogP contribution in [0.5, 0.6) is 0 Å². The molecule has 0 heterocycles. The molecule has 0 N–H and O–H groups in total. The summed E-state index contributed by atoms with van der Waals surface area (Å²) in [6, 6.07) is 0. The quantitative estimate of drug-likeness (QED) is 0.497. The summed E-state index contributed by atoms with van der Waals surface area (Å²) in [6.45, 7) is 7.90. The summed E-state index contributed by atoms with van der Waals surface area (Å²) in [4.78, 5) is 0. The van der Waals surface area contributed by atoms with E-state index in [2.05, 4.69) is 20.4 Å². The van der Waals surface area contributed by atoms with E-state index < -0.39 is 0 Å². The van der Waals surface area contributed by atoms with E-state index in [1.807, 2.05) is 6.08 Å². The molecule has 1 rings (SSSR count). The Morgan fingerprint density at radius 2 is 1.73 bits per heavy atom. The van der Waals surface area contributed by atoms with Gasteiger partial charge in [-0.15, -0.1) is 6.58 Å². The molecule has 0 unspecified atom stereocenters. The summed E-state index contributed by atoms with van der Waals surface area (Å²) in [5, 5.41) is 0. The molecule has 1 aliphatic carbocycles. The van der Waals surface area contributed by atoms with Crippen LogP contribution < -0.4 is 0 Å². The van der Waals surface area contributed by atoms with Crippen molar-refractivity contribution in [3.8, 4) is 0 Å². The first-order valence-corrected chi connectivity index (χ1v) is 4.92. The van der Waals surface area contributed by atoms with Gasteiger partial charge in [0, 0.05) is 0 Å². The summed E-state index contributed by atoms with van der Waals surface area (Å²) in [5.41, 5.74) is 0. The lowest BCUT2D eigenvalue weighted by Crippen LogP contribution is -1.99. The van der Waals surface area contributed by atoms with Gasteiger partial charge in [-0.2, -0.15) is 0 Å². The van der Waals surface area contributed by atoms with Crippen LogP contribution in [0.4, 0.5) is 0 Å². The molecule has 0 saturated heterocycles. The molecule has 1 aliphatic rings.